The average Bonchev–Trinajstić information content (AvgIpc) is 2.50. The minimum Gasteiger partial charge on any atom is -0.378 e. The number of hydrogen-bond donors (Lipinski definition) is 3. The predicted octanol–water partition coefficient (Wildman–Crippen LogP) is 3.29. The Kier molecular flexibility index (Phi) is 7.69. The monoisotopic (exact) mass is 364 g/mol. The molecular formula is C14H19F3N4O2S. The van der Waals surface area contributed by atoms with Gasteiger partial charge in [-0.25, -0.2) is 0 Å². The second-order valence-electron chi connectivity index (χ2n) is 4.95. The minimum atomic E-state index is -4.62. The maximum absolute atomic E-state index is 12.6. The molecule has 6 nitrogen and oxygen atoms in total. The lowest BCUT2D eigenvalue weighted by Gasteiger charge is -2.12. The van der Waals surface area contributed by atoms with E-state index in [2.05, 4.69) is 22.9 Å². The molecule has 0 heterocycles. The van der Waals surface area contributed by atoms with Gasteiger partial charge in [0.05, 0.1) is 10.5 Å². The first kappa shape index (κ1) is 19.9. The summed E-state index contributed by atoms with van der Waals surface area (Å²) in [6.45, 7) is 3.44. The Bertz CT molecular complexity index is 582. The lowest BCUT2D eigenvalue weighted by molar-refractivity contribution is -0.384. The van der Waals surface area contributed by atoms with Gasteiger partial charge in [-0.3, -0.25) is 10.1 Å². The first-order valence-electron chi connectivity index (χ1n) is 7.37. The normalized spacial score (nSPS) is 11.0. The van der Waals surface area contributed by atoms with Crippen molar-refractivity contribution in [2.75, 3.05) is 25.0 Å². The third-order valence-corrected chi connectivity index (χ3v) is 3.35. The van der Waals surface area contributed by atoms with Crippen LogP contribution < -0.4 is 16.0 Å². The van der Waals surface area contributed by atoms with Crippen LogP contribution in [0, 0.1) is 10.1 Å². The van der Waals surface area contributed by atoms with E-state index in [1.54, 1.807) is 0 Å². The molecule has 0 aromatic heterocycles. The number of unbranched alkanes of at least 4 members (excludes halogenated alkanes) is 1. The largest absolute Gasteiger partial charge is 0.416 e. The van der Waals surface area contributed by atoms with Crippen molar-refractivity contribution >= 4 is 28.7 Å². The first-order chi connectivity index (χ1) is 11.3. The Morgan fingerprint density at radius 3 is 2.50 bits per heavy atom. The molecule has 10 heteroatoms. The number of benzene rings is 1. The highest BCUT2D eigenvalue weighted by Crippen LogP contribution is 2.34. The van der Waals surface area contributed by atoms with Crippen molar-refractivity contribution in [3.8, 4) is 0 Å². The van der Waals surface area contributed by atoms with Crippen LogP contribution in [0.4, 0.5) is 24.5 Å². The van der Waals surface area contributed by atoms with E-state index in [1.165, 1.54) is 0 Å². The van der Waals surface area contributed by atoms with Gasteiger partial charge in [0.25, 0.3) is 5.69 Å². The van der Waals surface area contributed by atoms with Crippen molar-refractivity contribution in [3.05, 3.63) is 33.9 Å². The predicted molar refractivity (Wildman–Crippen MR) is 90.1 cm³/mol. The van der Waals surface area contributed by atoms with Crippen LogP contribution in [0.1, 0.15) is 25.3 Å². The number of nitro groups is 1. The highest BCUT2D eigenvalue weighted by molar-refractivity contribution is 7.80. The van der Waals surface area contributed by atoms with E-state index in [4.69, 9.17) is 12.2 Å². The molecule has 134 valence electrons. The summed E-state index contributed by atoms with van der Waals surface area (Å²) in [4.78, 5) is 10.1. The van der Waals surface area contributed by atoms with Gasteiger partial charge in [-0.05, 0) is 30.8 Å². The van der Waals surface area contributed by atoms with Gasteiger partial charge in [0.2, 0.25) is 0 Å². The third kappa shape index (κ3) is 6.57. The van der Waals surface area contributed by atoms with Crippen LogP contribution in [0.15, 0.2) is 18.2 Å². The zero-order chi connectivity index (χ0) is 18.2. The molecule has 0 fully saturated rings. The van der Waals surface area contributed by atoms with E-state index >= 15 is 0 Å². The molecule has 0 atom stereocenters. The molecule has 0 unspecified atom stereocenters. The molecule has 1 aromatic rings. The zero-order valence-electron chi connectivity index (χ0n) is 13.1. The fourth-order valence-corrected chi connectivity index (χ4v) is 2.03. The molecule has 0 saturated carbocycles. The van der Waals surface area contributed by atoms with E-state index in [-0.39, 0.29) is 12.2 Å². The fourth-order valence-electron chi connectivity index (χ4n) is 1.82. The smallest absolute Gasteiger partial charge is 0.378 e. The van der Waals surface area contributed by atoms with Crippen LogP contribution >= 0.6 is 12.2 Å². The summed E-state index contributed by atoms with van der Waals surface area (Å²) in [7, 11) is 0. The molecule has 0 spiro atoms. The maximum atomic E-state index is 12.6. The molecule has 0 aliphatic heterocycles. The van der Waals surface area contributed by atoms with Crippen LogP contribution in [-0.4, -0.2) is 29.7 Å². The lowest BCUT2D eigenvalue weighted by atomic mass is 10.1. The summed E-state index contributed by atoms with van der Waals surface area (Å²) in [5.74, 6) is 0. The number of thiocarbonyl (C=S) groups is 1. The molecule has 1 rings (SSSR count). The molecule has 0 aliphatic rings. The van der Waals surface area contributed by atoms with Gasteiger partial charge in [-0.15, -0.1) is 0 Å². The summed E-state index contributed by atoms with van der Waals surface area (Å²) in [5, 5.41) is 20.0. The summed E-state index contributed by atoms with van der Waals surface area (Å²) >= 11 is 5.04. The summed E-state index contributed by atoms with van der Waals surface area (Å²) in [5.41, 5.74) is -1.65. The Labute approximate surface area is 143 Å². The van der Waals surface area contributed by atoms with E-state index in [0.29, 0.717) is 17.7 Å². The van der Waals surface area contributed by atoms with Crippen molar-refractivity contribution in [2.24, 2.45) is 0 Å². The number of halogens is 3. The Morgan fingerprint density at radius 2 is 1.92 bits per heavy atom. The Morgan fingerprint density at radius 1 is 1.25 bits per heavy atom. The van der Waals surface area contributed by atoms with Gasteiger partial charge in [0.1, 0.15) is 5.69 Å². The van der Waals surface area contributed by atoms with Gasteiger partial charge in [0, 0.05) is 25.7 Å². The molecule has 0 aliphatic carbocycles. The van der Waals surface area contributed by atoms with Crippen LogP contribution in [-0.2, 0) is 6.18 Å². The van der Waals surface area contributed by atoms with Gasteiger partial charge in [-0.2, -0.15) is 13.2 Å². The van der Waals surface area contributed by atoms with Gasteiger partial charge in [0.15, 0.2) is 5.11 Å². The van der Waals surface area contributed by atoms with E-state index in [0.717, 1.165) is 31.5 Å². The first-order valence-corrected chi connectivity index (χ1v) is 7.77. The van der Waals surface area contributed by atoms with Crippen LogP contribution in [0.25, 0.3) is 0 Å². The van der Waals surface area contributed by atoms with Crippen molar-refractivity contribution in [3.63, 3.8) is 0 Å². The number of nitrogens with zero attached hydrogens (tertiary/aromatic N) is 1. The second-order valence-corrected chi connectivity index (χ2v) is 5.36. The van der Waals surface area contributed by atoms with E-state index in [9.17, 15) is 23.3 Å². The molecule has 0 radical (unpaired) electrons. The highest BCUT2D eigenvalue weighted by atomic mass is 32.1. The quantitative estimate of drug-likeness (QED) is 0.284. The van der Waals surface area contributed by atoms with Crippen molar-refractivity contribution in [2.45, 2.75) is 25.9 Å². The number of alkyl halides is 3. The molecule has 24 heavy (non-hydrogen) atoms. The zero-order valence-corrected chi connectivity index (χ0v) is 13.9. The molecule has 3 N–H and O–H groups in total. The summed E-state index contributed by atoms with van der Waals surface area (Å²) in [6, 6.07) is 2.38. The fraction of sp³-hybridized carbons (Fsp3) is 0.500. The van der Waals surface area contributed by atoms with E-state index < -0.39 is 22.4 Å². The Hall–Kier alpha value is -2.10. The van der Waals surface area contributed by atoms with Gasteiger partial charge >= 0.3 is 6.18 Å². The van der Waals surface area contributed by atoms with Crippen molar-refractivity contribution in [1.82, 2.24) is 10.6 Å². The number of anilines is 1. The summed E-state index contributed by atoms with van der Waals surface area (Å²) < 4.78 is 37.8. The number of hydrogen-bond acceptors (Lipinski definition) is 4. The number of rotatable bonds is 8. The standard InChI is InChI=1S/C14H19F3N4O2S/c1-2-3-6-19-13(24)20-8-7-18-11-5-4-10(14(15,16)17)9-12(11)21(22)23/h4-5,9,18H,2-3,6-8H2,1H3,(H2,19,20,24). The van der Waals surface area contributed by atoms with Crippen LogP contribution in [0.5, 0.6) is 0 Å². The van der Waals surface area contributed by atoms with Gasteiger partial charge in [-0.1, -0.05) is 13.3 Å². The average molecular weight is 364 g/mol. The van der Waals surface area contributed by atoms with Crippen LogP contribution in [0.2, 0.25) is 0 Å². The Balaban J connectivity index is 2.56. The maximum Gasteiger partial charge on any atom is 0.416 e. The highest BCUT2D eigenvalue weighted by Gasteiger charge is 2.32. The van der Waals surface area contributed by atoms with Crippen LogP contribution in [0.3, 0.4) is 0 Å². The molecule has 0 bridgehead atoms. The van der Waals surface area contributed by atoms with E-state index in [1.807, 2.05) is 0 Å². The minimum absolute atomic E-state index is 0.0275. The lowest BCUT2D eigenvalue weighted by Crippen LogP contribution is -2.38. The number of nitrogens with one attached hydrogen (secondary N) is 3. The topological polar surface area (TPSA) is 79.2 Å². The van der Waals surface area contributed by atoms with Gasteiger partial charge < -0.3 is 16.0 Å². The SMILES string of the molecule is CCCCNC(=S)NCCNc1ccc(C(F)(F)F)cc1[N+](=O)[O-]. The molecular weight excluding hydrogens is 345 g/mol. The molecule has 0 saturated heterocycles. The molecule has 1 aromatic carbocycles. The van der Waals surface area contributed by atoms with Crippen molar-refractivity contribution in [1.29, 1.82) is 0 Å². The second kappa shape index (κ2) is 9.26. The third-order valence-electron chi connectivity index (χ3n) is 3.06. The molecule has 0 amide bonds. The summed E-state index contributed by atoms with van der Waals surface area (Å²) in [6.07, 6.45) is -2.60. The van der Waals surface area contributed by atoms with Crippen molar-refractivity contribution < 1.29 is 18.1 Å². The number of nitro benzene ring substituents is 1.